The van der Waals surface area contributed by atoms with Crippen molar-refractivity contribution in [2.45, 2.75) is 24.8 Å². The SMILES string of the molecule is CCn1ccc(C(=O)N2CCc3ccc(S(=O)(=O)NC)cc32)n1. The minimum Gasteiger partial charge on any atom is -0.306 e. The maximum Gasteiger partial charge on any atom is 0.278 e. The number of hydrogen-bond donors (Lipinski definition) is 1. The van der Waals surface area contributed by atoms with Gasteiger partial charge in [0, 0.05) is 25.0 Å². The van der Waals surface area contributed by atoms with Crippen LogP contribution in [-0.2, 0) is 23.0 Å². The van der Waals surface area contributed by atoms with Crippen molar-refractivity contribution in [3.63, 3.8) is 0 Å². The smallest absolute Gasteiger partial charge is 0.278 e. The zero-order valence-electron chi connectivity index (χ0n) is 13.0. The molecule has 0 unspecified atom stereocenters. The molecular formula is C15H18N4O3S. The summed E-state index contributed by atoms with van der Waals surface area (Å²) in [5.74, 6) is -0.213. The van der Waals surface area contributed by atoms with Crippen molar-refractivity contribution in [3.8, 4) is 0 Å². The molecule has 1 aromatic carbocycles. The third-order valence-electron chi connectivity index (χ3n) is 3.96. The molecule has 0 aliphatic carbocycles. The molecule has 0 bridgehead atoms. The van der Waals surface area contributed by atoms with Gasteiger partial charge in [-0.1, -0.05) is 6.07 Å². The number of aryl methyl sites for hydroxylation is 1. The Morgan fingerprint density at radius 2 is 2.13 bits per heavy atom. The summed E-state index contributed by atoms with van der Waals surface area (Å²) in [6.45, 7) is 3.16. The summed E-state index contributed by atoms with van der Waals surface area (Å²) >= 11 is 0. The van der Waals surface area contributed by atoms with Crippen LogP contribution in [0.3, 0.4) is 0 Å². The van der Waals surface area contributed by atoms with Crippen molar-refractivity contribution in [2.75, 3.05) is 18.5 Å². The van der Waals surface area contributed by atoms with Gasteiger partial charge in [0.2, 0.25) is 10.0 Å². The molecule has 0 spiro atoms. The van der Waals surface area contributed by atoms with Gasteiger partial charge >= 0.3 is 0 Å². The standard InChI is InChI=1S/C15H18N4O3S/c1-3-18-8-7-13(17-18)15(20)19-9-6-11-4-5-12(10-14(11)19)23(21,22)16-2/h4-5,7-8,10,16H,3,6,9H2,1-2H3. The second-order valence-electron chi connectivity index (χ2n) is 5.26. The lowest BCUT2D eigenvalue weighted by Crippen LogP contribution is -2.29. The lowest BCUT2D eigenvalue weighted by Gasteiger charge is -2.16. The summed E-state index contributed by atoms with van der Waals surface area (Å²) in [5, 5.41) is 4.23. The van der Waals surface area contributed by atoms with Crippen molar-refractivity contribution in [1.29, 1.82) is 0 Å². The summed E-state index contributed by atoms with van der Waals surface area (Å²) < 4.78 is 27.9. The summed E-state index contributed by atoms with van der Waals surface area (Å²) in [5.41, 5.74) is 1.96. The van der Waals surface area contributed by atoms with Crippen molar-refractivity contribution in [3.05, 3.63) is 41.7 Å². The van der Waals surface area contributed by atoms with Gasteiger partial charge in [0.1, 0.15) is 0 Å². The molecule has 2 heterocycles. The highest BCUT2D eigenvalue weighted by Crippen LogP contribution is 2.31. The number of nitrogens with zero attached hydrogens (tertiary/aromatic N) is 3. The highest BCUT2D eigenvalue weighted by molar-refractivity contribution is 7.89. The lowest BCUT2D eigenvalue weighted by molar-refractivity contribution is 0.0983. The number of nitrogens with one attached hydrogen (secondary N) is 1. The lowest BCUT2D eigenvalue weighted by atomic mass is 10.2. The van der Waals surface area contributed by atoms with Gasteiger partial charge in [0.15, 0.2) is 5.69 Å². The first-order valence-electron chi connectivity index (χ1n) is 7.38. The van der Waals surface area contributed by atoms with Crippen LogP contribution in [0.15, 0.2) is 35.4 Å². The maximum atomic E-state index is 12.7. The Balaban J connectivity index is 1.97. The van der Waals surface area contributed by atoms with Crippen LogP contribution < -0.4 is 9.62 Å². The molecule has 23 heavy (non-hydrogen) atoms. The molecule has 1 N–H and O–H groups in total. The van der Waals surface area contributed by atoms with Gasteiger partial charge in [-0.3, -0.25) is 9.48 Å². The van der Waals surface area contributed by atoms with Gasteiger partial charge in [-0.15, -0.1) is 0 Å². The van der Waals surface area contributed by atoms with E-state index in [1.165, 1.54) is 7.05 Å². The van der Waals surface area contributed by atoms with Crippen molar-refractivity contribution in [2.24, 2.45) is 0 Å². The number of fused-ring (bicyclic) bond motifs is 1. The average molecular weight is 334 g/mol. The van der Waals surface area contributed by atoms with Gasteiger partial charge in [-0.05, 0) is 44.2 Å². The van der Waals surface area contributed by atoms with Crippen LogP contribution in [0.1, 0.15) is 23.0 Å². The summed E-state index contributed by atoms with van der Waals surface area (Å²) in [7, 11) is -2.18. The van der Waals surface area contributed by atoms with E-state index in [4.69, 9.17) is 0 Å². The van der Waals surface area contributed by atoms with E-state index in [0.29, 0.717) is 30.9 Å². The predicted octanol–water partition coefficient (Wildman–Crippen LogP) is 1.01. The van der Waals surface area contributed by atoms with E-state index in [-0.39, 0.29) is 10.8 Å². The second-order valence-corrected chi connectivity index (χ2v) is 7.15. The van der Waals surface area contributed by atoms with E-state index in [9.17, 15) is 13.2 Å². The Hall–Kier alpha value is -2.19. The van der Waals surface area contributed by atoms with E-state index in [1.807, 2.05) is 6.92 Å². The molecule has 0 saturated heterocycles. The number of hydrogen-bond acceptors (Lipinski definition) is 4. The van der Waals surface area contributed by atoms with Crippen LogP contribution in [0.2, 0.25) is 0 Å². The number of rotatable bonds is 4. The molecule has 1 amide bonds. The minimum atomic E-state index is -3.54. The Bertz CT molecular complexity index is 857. The molecule has 2 aromatic rings. The highest BCUT2D eigenvalue weighted by Gasteiger charge is 2.28. The molecule has 0 fully saturated rings. The second kappa shape index (κ2) is 5.78. The Labute approximate surface area is 135 Å². The Morgan fingerprint density at radius 3 is 2.78 bits per heavy atom. The zero-order chi connectivity index (χ0) is 16.6. The summed E-state index contributed by atoms with van der Waals surface area (Å²) in [4.78, 5) is 14.4. The monoisotopic (exact) mass is 334 g/mol. The van der Waals surface area contributed by atoms with Crippen LogP contribution in [0.5, 0.6) is 0 Å². The fourth-order valence-electron chi connectivity index (χ4n) is 2.65. The van der Waals surface area contributed by atoms with E-state index >= 15 is 0 Å². The molecule has 0 radical (unpaired) electrons. The molecular weight excluding hydrogens is 316 g/mol. The van der Waals surface area contributed by atoms with Gasteiger partial charge in [-0.2, -0.15) is 5.10 Å². The molecule has 3 rings (SSSR count). The van der Waals surface area contributed by atoms with E-state index < -0.39 is 10.0 Å². The van der Waals surface area contributed by atoms with Crippen molar-refractivity contribution < 1.29 is 13.2 Å². The number of carbonyl (C=O) groups is 1. The third-order valence-corrected chi connectivity index (χ3v) is 5.37. The molecule has 1 aliphatic heterocycles. The normalized spacial score (nSPS) is 14.1. The van der Waals surface area contributed by atoms with Crippen LogP contribution in [0.4, 0.5) is 5.69 Å². The third kappa shape index (κ3) is 2.75. The first-order valence-corrected chi connectivity index (χ1v) is 8.86. The van der Waals surface area contributed by atoms with Crippen LogP contribution in [0, 0.1) is 0 Å². The number of amides is 1. The largest absolute Gasteiger partial charge is 0.306 e. The van der Waals surface area contributed by atoms with Gasteiger partial charge in [0.25, 0.3) is 5.91 Å². The van der Waals surface area contributed by atoms with Crippen molar-refractivity contribution in [1.82, 2.24) is 14.5 Å². The maximum absolute atomic E-state index is 12.7. The number of anilines is 1. The molecule has 8 heteroatoms. The minimum absolute atomic E-state index is 0.150. The number of benzene rings is 1. The fourth-order valence-corrected chi connectivity index (χ4v) is 3.39. The highest BCUT2D eigenvalue weighted by atomic mass is 32.2. The predicted molar refractivity (Wildman–Crippen MR) is 86.0 cm³/mol. The van der Waals surface area contributed by atoms with Crippen LogP contribution in [0.25, 0.3) is 0 Å². The first kappa shape index (κ1) is 15.7. The van der Waals surface area contributed by atoms with Gasteiger partial charge in [0.05, 0.1) is 4.90 Å². The van der Waals surface area contributed by atoms with E-state index in [1.54, 1.807) is 40.0 Å². The zero-order valence-corrected chi connectivity index (χ0v) is 13.8. The number of aromatic nitrogens is 2. The molecule has 1 aromatic heterocycles. The fraction of sp³-hybridized carbons (Fsp3) is 0.333. The molecule has 7 nitrogen and oxygen atoms in total. The van der Waals surface area contributed by atoms with Crippen LogP contribution in [-0.4, -0.2) is 37.7 Å². The number of carbonyl (C=O) groups excluding carboxylic acids is 1. The molecule has 122 valence electrons. The van der Waals surface area contributed by atoms with Gasteiger partial charge < -0.3 is 4.90 Å². The molecule has 0 saturated carbocycles. The summed E-state index contributed by atoms with van der Waals surface area (Å²) in [6.07, 6.45) is 2.46. The molecule has 0 atom stereocenters. The summed E-state index contributed by atoms with van der Waals surface area (Å²) in [6, 6.07) is 6.54. The molecule has 1 aliphatic rings. The van der Waals surface area contributed by atoms with E-state index in [0.717, 1.165) is 5.56 Å². The van der Waals surface area contributed by atoms with E-state index in [2.05, 4.69) is 9.82 Å². The quantitative estimate of drug-likeness (QED) is 0.904. The van der Waals surface area contributed by atoms with Crippen LogP contribution >= 0.6 is 0 Å². The topological polar surface area (TPSA) is 84.3 Å². The first-order chi connectivity index (χ1) is 11.0. The Kier molecular flexibility index (Phi) is 3.95. The Morgan fingerprint density at radius 1 is 1.35 bits per heavy atom. The van der Waals surface area contributed by atoms with Gasteiger partial charge in [-0.25, -0.2) is 13.1 Å². The van der Waals surface area contributed by atoms with Crippen molar-refractivity contribution >= 4 is 21.6 Å². The number of sulfonamides is 1. The average Bonchev–Trinajstić information content (AvgIpc) is 3.20.